The molecule has 0 spiro atoms. The molecule has 2 heteroatoms. The van der Waals surface area contributed by atoms with Gasteiger partial charge in [-0.15, -0.1) is 0 Å². The molecule has 1 aliphatic rings. The predicted molar refractivity (Wildman–Crippen MR) is 48.6 cm³/mol. The van der Waals surface area contributed by atoms with E-state index in [4.69, 9.17) is 0 Å². The molecule has 1 rings (SSSR count). The van der Waals surface area contributed by atoms with Crippen LogP contribution < -0.4 is 5.32 Å². The van der Waals surface area contributed by atoms with Crippen LogP contribution in [-0.4, -0.2) is 24.6 Å². The van der Waals surface area contributed by atoms with Gasteiger partial charge < -0.3 is 5.32 Å². The summed E-state index contributed by atoms with van der Waals surface area (Å²) in [6.45, 7) is 3.48. The minimum absolute atomic E-state index is 0.771. The molecule has 0 amide bonds. The van der Waals surface area contributed by atoms with Crippen molar-refractivity contribution in [3.05, 3.63) is 0 Å². The molecule has 0 aromatic carbocycles. The molecule has 0 aromatic heterocycles. The van der Waals surface area contributed by atoms with Gasteiger partial charge in [0.25, 0.3) is 0 Å². The zero-order valence-corrected chi connectivity index (χ0v) is 7.71. The first-order valence-electron chi connectivity index (χ1n) is 4.07. The lowest BCUT2D eigenvalue weighted by atomic mass is 10.2. The Morgan fingerprint density at radius 1 is 1.60 bits per heavy atom. The third kappa shape index (κ3) is 2.93. The molecule has 1 unspecified atom stereocenters. The summed E-state index contributed by atoms with van der Waals surface area (Å²) in [5.74, 6) is 2.25. The average molecular weight is 159 g/mol. The van der Waals surface area contributed by atoms with Gasteiger partial charge in [0.2, 0.25) is 0 Å². The fraction of sp³-hybridized carbons (Fsp3) is 1.00. The number of nitrogens with one attached hydrogen (secondary N) is 1. The fourth-order valence-electron chi connectivity index (χ4n) is 1.15. The molecule has 10 heavy (non-hydrogen) atoms. The van der Waals surface area contributed by atoms with E-state index in [0.717, 1.165) is 12.0 Å². The van der Waals surface area contributed by atoms with Crippen molar-refractivity contribution in [1.29, 1.82) is 0 Å². The van der Waals surface area contributed by atoms with Crippen molar-refractivity contribution in [1.82, 2.24) is 5.32 Å². The smallest absolute Gasteiger partial charge is 0.00673 e. The van der Waals surface area contributed by atoms with Crippen LogP contribution in [0.1, 0.15) is 19.8 Å². The highest BCUT2D eigenvalue weighted by Crippen LogP contribution is 2.32. The van der Waals surface area contributed by atoms with E-state index in [1.54, 1.807) is 0 Å². The van der Waals surface area contributed by atoms with Crippen LogP contribution in [0.25, 0.3) is 0 Å². The third-order valence-corrected chi connectivity index (χ3v) is 2.71. The highest BCUT2D eigenvalue weighted by molar-refractivity contribution is 7.98. The largest absolute Gasteiger partial charge is 0.313 e. The van der Waals surface area contributed by atoms with E-state index >= 15 is 0 Å². The molecule has 1 atom stereocenters. The molecule has 0 radical (unpaired) electrons. The molecule has 0 heterocycles. The van der Waals surface area contributed by atoms with Crippen LogP contribution in [0.2, 0.25) is 0 Å². The summed E-state index contributed by atoms with van der Waals surface area (Å²) < 4.78 is 0. The molecular formula is C8H17NS. The summed E-state index contributed by atoms with van der Waals surface area (Å²) in [6, 6.07) is 0.771. The Balaban J connectivity index is 1.90. The van der Waals surface area contributed by atoms with Crippen LogP contribution in [0.5, 0.6) is 0 Å². The van der Waals surface area contributed by atoms with Crippen molar-refractivity contribution in [2.45, 2.75) is 25.8 Å². The number of thioether (sulfide) groups is 1. The molecule has 1 saturated carbocycles. The van der Waals surface area contributed by atoms with Gasteiger partial charge in [0.05, 0.1) is 0 Å². The lowest BCUT2D eigenvalue weighted by Crippen LogP contribution is -2.29. The number of rotatable bonds is 5. The molecule has 0 aliphatic heterocycles. The topological polar surface area (TPSA) is 12.0 Å². The monoisotopic (exact) mass is 159 g/mol. The van der Waals surface area contributed by atoms with Crippen LogP contribution in [0, 0.1) is 5.92 Å². The van der Waals surface area contributed by atoms with Crippen molar-refractivity contribution in [3.63, 3.8) is 0 Å². The zero-order valence-electron chi connectivity index (χ0n) is 6.89. The Kier molecular flexibility index (Phi) is 3.57. The minimum atomic E-state index is 0.771. The summed E-state index contributed by atoms with van der Waals surface area (Å²) in [5, 5.41) is 3.52. The summed E-state index contributed by atoms with van der Waals surface area (Å²) in [6.07, 6.45) is 5.06. The number of hydrogen-bond acceptors (Lipinski definition) is 2. The summed E-state index contributed by atoms with van der Waals surface area (Å²) in [5.41, 5.74) is 0. The van der Waals surface area contributed by atoms with Crippen LogP contribution >= 0.6 is 11.8 Å². The molecule has 1 N–H and O–H groups in total. The maximum atomic E-state index is 3.52. The summed E-state index contributed by atoms with van der Waals surface area (Å²) in [4.78, 5) is 0. The summed E-state index contributed by atoms with van der Waals surface area (Å²) in [7, 11) is 0. The van der Waals surface area contributed by atoms with Crippen molar-refractivity contribution >= 4 is 11.8 Å². The van der Waals surface area contributed by atoms with Crippen LogP contribution in [0.3, 0.4) is 0 Å². The van der Waals surface area contributed by atoms with Gasteiger partial charge in [-0.2, -0.15) is 11.8 Å². The van der Waals surface area contributed by atoms with Gasteiger partial charge in [-0.05, 0) is 31.9 Å². The first-order valence-corrected chi connectivity index (χ1v) is 5.46. The van der Waals surface area contributed by atoms with E-state index in [2.05, 4.69) is 18.5 Å². The summed E-state index contributed by atoms with van der Waals surface area (Å²) >= 11 is 1.91. The highest BCUT2D eigenvalue weighted by atomic mass is 32.2. The van der Waals surface area contributed by atoms with Crippen LogP contribution in [0.4, 0.5) is 0 Å². The van der Waals surface area contributed by atoms with Gasteiger partial charge in [-0.25, -0.2) is 0 Å². The molecule has 0 bridgehead atoms. The van der Waals surface area contributed by atoms with Gasteiger partial charge in [0.1, 0.15) is 0 Å². The quantitative estimate of drug-likeness (QED) is 0.613. The van der Waals surface area contributed by atoms with E-state index < -0.39 is 0 Å². The molecule has 1 aliphatic carbocycles. The van der Waals surface area contributed by atoms with Crippen molar-refractivity contribution < 1.29 is 0 Å². The van der Waals surface area contributed by atoms with Gasteiger partial charge in [0, 0.05) is 18.3 Å². The molecular weight excluding hydrogens is 142 g/mol. The van der Waals surface area contributed by atoms with Gasteiger partial charge in [-0.3, -0.25) is 0 Å². The molecule has 1 fully saturated rings. The maximum absolute atomic E-state index is 3.52. The first-order chi connectivity index (χ1) is 4.84. The second-order valence-electron chi connectivity index (χ2n) is 3.07. The Morgan fingerprint density at radius 3 is 2.80 bits per heavy atom. The second-order valence-corrected chi connectivity index (χ2v) is 4.06. The number of hydrogen-bond donors (Lipinski definition) is 1. The van der Waals surface area contributed by atoms with E-state index in [1.807, 2.05) is 11.8 Å². The second kappa shape index (κ2) is 4.24. The van der Waals surface area contributed by atoms with E-state index in [-0.39, 0.29) is 0 Å². The van der Waals surface area contributed by atoms with Crippen molar-refractivity contribution in [2.75, 3.05) is 18.6 Å². The highest BCUT2D eigenvalue weighted by Gasteiger charge is 2.26. The van der Waals surface area contributed by atoms with Crippen LogP contribution in [-0.2, 0) is 0 Å². The van der Waals surface area contributed by atoms with E-state index in [1.165, 1.54) is 25.1 Å². The Hall–Kier alpha value is 0.310. The lowest BCUT2D eigenvalue weighted by molar-refractivity contribution is 0.514. The zero-order chi connectivity index (χ0) is 7.40. The van der Waals surface area contributed by atoms with Crippen molar-refractivity contribution in [3.8, 4) is 0 Å². The average Bonchev–Trinajstić information content (AvgIpc) is 2.69. The molecule has 0 saturated heterocycles. The Morgan fingerprint density at radius 2 is 2.30 bits per heavy atom. The maximum Gasteiger partial charge on any atom is 0.00673 e. The third-order valence-electron chi connectivity index (χ3n) is 2.10. The molecule has 0 aromatic rings. The Labute approximate surface area is 68.0 Å². The fourth-order valence-corrected chi connectivity index (χ4v) is 1.47. The van der Waals surface area contributed by atoms with Crippen LogP contribution in [0.15, 0.2) is 0 Å². The SMILES string of the molecule is CSCCNC(C)C1CC1. The van der Waals surface area contributed by atoms with Gasteiger partial charge in [0.15, 0.2) is 0 Å². The minimum Gasteiger partial charge on any atom is -0.313 e. The van der Waals surface area contributed by atoms with Gasteiger partial charge >= 0.3 is 0 Å². The molecule has 60 valence electrons. The van der Waals surface area contributed by atoms with E-state index in [0.29, 0.717) is 0 Å². The predicted octanol–water partition coefficient (Wildman–Crippen LogP) is 1.74. The Bertz CT molecular complexity index is 91.3. The first kappa shape index (κ1) is 8.41. The normalized spacial score (nSPS) is 21.0. The van der Waals surface area contributed by atoms with Crippen molar-refractivity contribution in [2.24, 2.45) is 5.92 Å². The van der Waals surface area contributed by atoms with Gasteiger partial charge in [-0.1, -0.05) is 0 Å². The standard InChI is InChI=1S/C8H17NS/c1-7(8-3-4-8)9-5-6-10-2/h7-9H,3-6H2,1-2H3. The lowest BCUT2D eigenvalue weighted by Gasteiger charge is -2.10. The molecule has 1 nitrogen and oxygen atoms in total. The van der Waals surface area contributed by atoms with E-state index in [9.17, 15) is 0 Å².